The largest absolute Gasteiger partial charge is 0.467 e. The van der Waals surface area contributed by atoms with Crippen LogP contribution in [-0.2, 0) is 23.1 Å². The van der Waals surface area contributed by atoms with E-state index in [1.807, 2.05) is 0 Å². The molecular weight excluding hydrogens is 202 g/mol. The van der Waals surface area contributed by atoms with Crippen molar-refractivity contribution in [1.29, 1.82) is 0 Å². The average Bonchev–Trinajstić information content (AvgIpc) is 2.48. The summed E-state index contributed by atoms with van der Waals surface area (Å²) in [5.74, 6) is -0.806. The normalized spacial score (nSPS) is 14.7. The molecule has 0 aliphatic heterocycles. The molecule has 84 valence electrons. The highest BCUT2D eigenvalue weighted by Gasteiger charge is 2.33. The average molecular weight is 215 g/mol. The van der Waals surface area contributed by atoms with Gasteiger partial charge in [0.15, 0.2) is 5.60 Å². The van der Waals surface area contributed by atoms with E-state index < -0.39 is 17.3 Å². The Morgan fingerprint density at radius 1 is 1.73 bits per heavy atom. The van der Waals surface area contributed by atoms with Crippen molar-refractivity contribution in [2.75, 3.05) is 7.11 Å². The molecular formula is C8H13N3O4. The van der Waals surface area contributed by atoms with Crippen molar-refractivity contribution in [3.05, 3.63) is 16.8 Å². The number of esters is 1. The minimum absolute atomic E-state index is 0.237. The maximum atomic E-state index is 11.4. The molecule has 1 N–H and O–H groups in total. The maximum absolute atomic E-state index is 11.4. The lowest BCUT2D eigenvalue weighted by Gasteiger charge is -2.18. The molecule has 0 saturated heterocycles. The molecule has 0 aromatic carbocycles. The number of carbonyl (C=O) groups is 1. The van der Waals surface area contributed by atoms with Crippen molar-refractivity contribution in [3.8, 4) is 0 Å². The third-order valence-corrected chi connectivity index (χ3v) is 1.97. The molecule has 15 heavy (non-hydrogen) atoms. The first kappa shape index (κ1) is 11.4. The Morgan fingerprint density at radius 3 is 2.73 bits per heavy atom. The van der Waals surface area contributed by atoms with Gasteiger partial charge >= 0.3 is 11.7 Å². The monoisotopic (exact) mass is 215 g/mol. The fraction of sp³-hybridized carbons (Fsp3) is 0.625. The van der Waals surface area contributed by atoms with Gasteiger partial charge in [-0.05, 0) is 6.92 Å². The molecule has 0 aliphatic rings. The first-order valence-electron chi connectivity index (χ1n) is 4.27. The Balaban J connectivity index is 2.91. The van der Waals surface area contributed by atoms with E-state index in [1.54, 1.807) is 0 Å². The molecule has 1 rings (SSSR count). The summed E-state index contributed by atoms with van der Waals surface area (Å²) in [4.78, 5) is 22.5. The smallest absolute Gasteiger partial charge is 0.345 e. The second-order valence-electron chi connectivity index (χ2n) is 3.45. The van der Waals surface area contributed by atoms with Gasteiger partial charge in [0, 0.05) is 7.05 Å². The Morgan fingerprint density at radius 2 is 2.33 bits per heavy atom. The number of hydrogen-bond acceptors (Lipinski definition) is 5. The number of aryl methyl sites for hydroxylation is 1. The van der Waals surface area contributed by atoms with E-state index in [9.17, 15) is 14.7 Å². The quantitative estimate of drug-likeness (QED) is 0.620. The van der Waals surface area contributed by atoms with Crippen molar-refractivity contribution in [1.82, 2.24) is 14.3 Å². The molecule has 0 fully saturated rings. The summed E-state index contributed by atoms with van der Waals surface area (Å²) in [6, 6.07) is 0. The number of aromatic nitrogens is 3. The standard InChI is InChI=1S/C8H13N3O4/c1-8(14,6(12)15-3)4-11-7(13)10(2)5-9-11/h5,14H,4H2,1-3H3. The lowest BCUT2D eigenvalue weighted by Crippen LogP contribution is -2.43. The Labute approximate surface area is 85.9 Å². The van der Waals surface area contributed by atoms with Crippen LogP contribution >= 0.6 is 0 Å². The molecule has 0 aliphatic carbocycles. The van der Waals surface area contributed by atoms with E-state index in [2.05, 4.69) is 9.84 Å². The van der Waals surface area contributed by atoms with Crippen LogP contribution in [0.3, 0.4) is 0 Å². The Bertz CT molecular complexity index is 418. The number of hydrogen-bond donors (Lipinski definition) is 1. The van der Waals surface area contributed by atoms with Gasteiger partial charge in [-0.2, -0.15) is 5.10 Å². The predicted octanol–water partition coefficient (Wildman–Crippen LogP) is -1.49. The molecule has 7 nitrogen and oxygen atoms in total. The summed E-state index contributed by atoms with van der Waals surface area (Å²) >= 11 is 0. The zero-order valence-corrected chi connectivity index (χ0v) is 8.80. The van der Waals surface area contributed by atoms with E-state index in [0.29, 0.717) is 0 Å². The van der Waals surface area contributed by atoms with Gasteiger partial charge in [-0.15, -0.1) is 0 Å². The van der Waals surface area contributed by atoms with Crippen LogP contribution in [0.15, 0.2) is 11.1 Å². The number of methoxy groups -OCH3 is 1. The molecule has 0 bridgehead atoms. The van der Waals surface area contributed by atoms with Crippen LogP contribution in [-0.4, -0.2) is 38.1 Å². The van der Waals surface area contributed by atoms with Crippen molar-refractivity contribution in [3.63, 3.8) is 0 Å². The maximum Gasteiger partial charge on any atom is 0.345 e. The molecule has 1 aromatic heterocycles. The van der Waals surface area contributed by atoms with E-state index in [0.717, 1.165) is 11.8 Å². The van der Waals surface area contributed by atoms with Gasteiger partial charge in [-0.1, -0.05) is 0 Å². The first-order chi connectivity index (χ1) is 6.88. The van der Waals surface area contributed by atoms with Crippen LogP contribution in [0.1, 0.15) is 6.92 Å². The number of rotatable bonds is 3. The fourth-order valence-corrected chi connectivity index (χ4v) is 1.11. The molecule has 0 spiro atoms. The van der Waals surface area contributed by atoms with E-state index in [-0.39, 0.29) is 6.54 Å². The van der Waals surface area contributed by atoms with E-state index in [4.69, 9.17) is 0 Å². The lowest BCUT2D eigenvalue weighted by atomic mass is 10.1. The van der Waals surface area contributed by atoms with Gasteiger partial charge in [0.2, 0.25) is 0 Å². The van der Waals surface area contributed by atoms with Gasteiger partial charge in [0.1, 0.15) is 6.33 Å². The summed E-state index contributed by atoms with van der Waals surface area (Å²) in [7, 11) is 2.69. The fourth-order valence-electron chi connectivity index (χ4n) is 1.11. The molecule has 7 heteroatoms. The van der Waals surface area contributed by atoms with Crippen molar-refractivity contribution in [2.45, 2.75) is 19.1 Å². The number of ether oxygens (including phenoxy) is 1. The van der Waals surface area contributed by atoms with Gasteiger partial charge in [0.05, 0.1) is 13.7 Å². The zero-order chi connectivity index (χ0) is 11.6. The minimum atomic E-state index is -1.76. The molecule has 1 unspecified atom stereocenters. The predicted molar refractivity (Wildman–Crippen MR) is 50.1 cm³/mol. The lowest BCUT2D eigenvalue weighted by molar-refractivity contribution is -0.162. The highest BCUT2D eigenvalue weighted by atomic mass is 16.5. The molecule has 0 saturated carbocycles. The van der Waals surface area contributed by atoms with Crippen molar-refractivity contribution >= 4 is 5.97 Å². The third kappa shape index (κ3) is 2.24. The summed E-state index contributed by atoms with van der Waals surface area (Å²) in [6.07, 6.45) is 1.30. The van der Waals surface area contributed by atoms with Gasteiger partial charge in [-0.3, -0.25) is 4.57 Å². The van der Waals surface area contributed by atoms with Crippen molar-refractivity contribution in [2.24, 2.45) is 7.05 Å². The molecule has 0 radical (unpaired) electrons. The molecule has 1 aromatic rings. The Kier molecular flexibility index (Phi) is 2.94. The van der Waals surface area contributed by atoms with Gasteiger partial charge in [-0.25, -0.2) is 14.3 Å². The number of nitrogens with zero attached hydrogens (tertiary/aromatic N) is 3. The van der Waals surface area contributed by atoms with Gasteiger partial charge in [0.25, 0.3) is 0 Å². The second kappa shape index (κ2) is 3.85. The minimum Gasteiger partial charge on any atom is -0.467 e. The highest BCUT2D eigenvalue weighted by Crippen LogP contribution is 2.07. The first-order valence-corrected chi connectivity index (χ1v) is 4.27. The summed E-state index contributed by atoms with van der Waals surface area (Å²) < 4.78 is 6.64. The van der Waals surface area contributed by atoms with Crippen LogP contribution < -0.4 is 5.69 Å². The van der Waals surface area contributed by atoms with Crippen LogP contribution in [0.5, 0.6) is 0 Å². The summed E-state index contributed by atoms with van der Waals surface area (Å²) in [6.45, 7) is 1.03. The molecule has 1 atom stereocenters. The highest BCUT2D eigenvalue weighted by molar-refractivity contribution is 5.78. The van der Waals surface area contributed by atoms with E-state index in [1.165, 1.54) is 24.9 Å². The van der Waals surface area contributed by atoms with Crippen LogP contribution in [0.4, 0.5) is 0 Å². The third-order valence-electron chi connectivity index (χ3n) is 1.97. The van der Waals surface area contributed by atoms with Gasteiger partial charge < -0.3 is 9.84 Å². The molecule has 1 heterocycles. The number of aliphatic hydroxyl groups is 1. The molecule has 0 amide bonds. The van der Waals surface area contributed by atoms with Crippen LogP contribution in [0.25, 0.3) is 0 Å². The van der Waals surface area contributed by atoms with Crippen LogP contribution in [0.2, 0.25) is 0 Å². The SMILES string of the molecule is COC(=O)C(C)(O)Cn1ncn(C)c1=O. The summed E-state index contributed by atoms with van der Waals surface area (Å²) in [5, 5.41) is 13.4. The number of carbonyl (C=O) groups excluding carboxylic acids is 1. The second-order valence-corrected chi connectivity index (χ2v) is 3.45. The zero-order valence-electron chi connectivity index (χ0n) is 8.80. The summed E-state index contributed by atoms with van der Waals surface area (Å²) in [5.41, 5.74) is -2.16. The van der Waals surface area contributed by atoms with Crippen LogP contribution in [0, 0.1) is 0 Å². The topological polar surface area (TPSA) is 86.3 Å². The van der Waals surface area contributed by atoms with E-state index >= 15 is 0 Å². The van der Waals surface area contributed by atoms with Crippen molar-refractivity contribution < 1.29 is 14.6 Å². The Hall–Kier alpha value is -1.63.